The second kappa shape index (κ2) is 8.54. The molecule has 0 radical (unpaired) electrons. The molecular weight excluding hydrogens is 362 g/mol. The van der Waals surface area contributed by atoms with Crippen molar-refractivity contribution in [3.63, 3.8) is 0 Å². The van der Waals surface area contributed by atoms with Crippen molar-refractivity contribution in [2.75, 3.05) is 30.6 Å². The Balaban J connectivity index is 1.76. The van der Waals surface area contributed by atoms with E-state index >= 15 is 0 Å². The van der Waals surface area contributed by atoms with Gasteiger partial charge in [0.2, 0.25) is 10.0 Å². The molecule has 0 spiro atoms. The minimum atomic E-state index is -3.39. The van der Waals surface area contributed by atoms with Crippen LogP contribution in [-0.4, -0.2) is 45.1 Å². The first-order chi connectivity index (χ1) is 12.9. The standard InChI is InChI=1S/C20H25N3O3S/c1-27(25,26)22-18-11-7-10-17(14-18)20(24)21-19(15-23-12-5-6-13-23)16-8-3-2-4-9-16/h2-4,7-11,14,19,22H,5-6,12-13,15H2,1H3,(H,21,24). The maximum absolute atomic E-state index is 12.8. The number of anilines is 1. The Morgan fingerprint density at radius 2 is 1.78 bits per heavy atom. The topological polar surface area (TPSA) is 78.5 Å². The Labute approximate surface area is 160 Å². The molecule has 1 saturated heterocycles. The molecule has 0 aliphatic carbocycles. The van der Waals surface area contributed by atoms with Gasteiger partial charge in [0, 0.05) is 17.8 Å². The molecule has 1 amide bonds. The summed E-state index contributed by atoms with van der Waals surface area (Å²) in [5.74, 6) is -0.222. The third-order valence-electron chi connectivity index (χ3n) is 4.57. The molecule has 1 aliphatic rings. The third-order valence-corrected chi connectivity index (χ3v) is 5.18. The number of carbonyl (C=O) groups is 1. The lowest BCUT2D eigenvalue weighted by Gasteiger charge is -2.25. The van der Waals surface area contributed by atoms with Crippen LogP contribution in [0.1, 0.15) is 34.8 Å². The number of hydrogen-bond donors (Lipinski definition) is 2. The summed E-state index contributed by atoms with van der Waals surface area (Å²) in [5, 5.41) is 3.11. The average molecular weight is 388 g/mol. The number of hydrogen-bond acceptors (Lipinski definition) is 4. The van der Waals surface area contributed by atoms with Crippen LogP contribution in [0.15, 0.2) is 54.6 Å². The minimum Gasteiger partial charge on any atom is -0.344 e. The Morgan fingerprint density at radius 3 is 2.44 bits per heavy atom. The predicted octanol–water partition coefficient (Wildman–Crippen LogP) is 2.63. The van der Waals surface area contributed by atoms with E-state index in [2.05, 4.69) is 14.9 Å². The largest absolute Gasteiger partial charge is 0.344 e. The smallest absolute Gasteiger partial charge is 0.251 e. The van der Waals surface area contributed by atoms with Crippen molar-refractivity contribution in [1.29, 1.82) is 0 Å². The van der Waals surface area contributed by atoms with E-state index in [0.29, 0.717) is 11.3 Å². The molecule has 144 valence electrons. The van der Waals surface area contributed by atoms with Gasteiger partial charge in [-0.25, -0.2) is 8.42 Å². The van der Waals surface area contributed by atoms with Gasteiger partial charge in [-0.2, -0.15) is 0 Å². The summed E-state index contributed by atoms with van der Waals surface area (Å²) in [6.07, 6.45) is 3.46. The third kappa shape index (κ3) is 5.80. The van der Waals surface area contributed by atoms with E-state index in [1.165, 1.54) is 12.8 Å². The van der Waals surface area contributed by atoms with Crippen molar-refractivity contribution >= 4 is 21.6 Å². The van der Waals surface area contributed by atoms with E-state index in [-0.39, 0.29) is 11.9 Å². The zero-order valence-corrected chi connectivity index (χ0v) is 16.2. The van der Waals surface area contributed by atoms with Gasteiger partial charge < -0.3 is 10.2 Å². The van der Waals surface area contributed by atoms with E-state index in [4.69, 9.17) is 0 Å². The molecule has 7 heteroatoms. The Kier molecular flexibility index (Phi) is 6.13. The van der Waals surface area contributed by atoms with Crippen molar-refractivity contribution in [1.82, 2.24) is 10.2 Å². The number of rotatable bonds is 7. The Morgan fingerprint density at radius 1 is 1.07 bits per heavy atom. The SMILES string of the molecule is CS(=O)(=O)Nc1cccc(C(=O)NC(CN2CCCC2)c2ccccc2)c1. The Hall–Kier alpha value is -2.38. The van der Waals surface area contributed by atoms with Gasteiger partial charge in [0.1, 0.15) is 0 Å². The van der Waals surface area contributed by atoms with Gasteiger partial charge in [-0.1, -0.05) is 36.4 Å². The number of carbonyl (C=O) groups excluding carboxylic acids is 1. The van der Waals surface area contributed by atoms with Crippen LogP contribution in [0.4, 0.5) is 5.69 Å². The summed E-state index contributed by atoms with van der Waals surface area (Å²) < 4.78 is 25.2. The van der Waals surface area contributed by atoms with Crippen molar-refractivity contribution in [3.8, 4) is 0 Å². The predicted molar refractivity (Wildman–Crippen MR) is 107 cm³/mol. The molecule has 1 atom stereocenters. The van der Waals surface area contributed by atoms with Crippen LogP contribution < -0.4 is 10.0 Å². The van der Waals surface area contributed by atoms with E-state index < -0.39 is 10.0 Å². The fourth-order valence-corrected chi connectivity index (χ4v) is 3.88. The van der Waals surface area contributed by atoms with Crippen LogP contribution in [0.2, 0.25) is 0 Å². The lowest BCUT2D eigenvalue weighted by molar-refractivity contribution is 0.0927. The first-order valence-corrected chi connectivity index (χ1v) is 11.0. The molecule has 1 aliphatic heterocycles. The van der Waals surface area contributed by atoms with E-state index in [1.807, 2.05) is 30.3 Å². The molecule has 3 rings (SSSR count). The molecule has 1 fully saturated rings. The summed E-state index contributed by atoms with van der Waals surface area (Å²) >= 11 is 0. The molecule has 2 aromatic rings. The van der Waals surface area contributed by atoms with Crippen molar-refractivity contribution in [3.05, 3.63) is 65.7 Å². The molecule has 2 N–H and O–H groups in total. The molecule has 0 saturated carbocycles. The number of amides is 1. The van der Waals surface area contributed by atoms with Crippen LogP contribution in [0, 0.1) is 0 Å². The van der Waals surface area contributed by atoms with Crippen molar-refractivity contribution in [2.24, 2.45) is 0 Å². The fraction of sp³-hybridized carbons (Fsp3) is 0.350. The first kappa shape index (κ1) is 19.4. The van der Waals surface area contributed by atoms with Crippen molar-refractivity contribution < 1.29 is 13.2 Å². The lowest BCUT2D eigenvalue weighted by Crippen LogP contribution is -2.37. The molecule has 0 bridgehead atoms. The summed E-state index contributed by atoms with van der Waals surface area (Å²) in [7, 11) is -3.39. The van der Waals surface area contributed by atoms with Gasteiger partial charge in [-0.15, -0.1) is 0 Å². The first-order valence-electron chi connectivity index (χ1n) is 9.07. The second-order valence-corrected chi connectivity index (χ2v) is 8.65. The second-order valence-electron chi connectivity index (χ2n) is 6.90. The molecule has 27 heavy (non-hydrogen) atoms. The highest BCUT2D eigenvalue weighted by atomic mass is 32.2. The average Bonchev–Trinajstić information content (AvgIpc) is 3.14. The van der Waals surface area contributed by atoms with Crippen molar-refractivity contribution in [2.45, 2.75) is 18.9 Å². The van der Waals surface area contributed by atoms with Gasteiger partial charge in [-0.05, 0) is 49.7 Å². The molecule has 2 aromatic carbocycles. The van der Waals surface area contributed by atoms with Gasteiger partial charge in [0.25, 0.3) is 5.91 Å². The quantitative estimate of drug-likeness (QED) is 0.766. The van der Waals surface area contributed by atoms with E-state index in [9.17, 15) is 13.2 Å². The monoisotopic (exact) mass is 387 g/mol. The summed E-state index contributed by atoms with van der Waals surface area (Å²) in [6, 6.07) is 16.3. The molecule has 6 nitrogen and oxygen atoms in total. The van der Waals surface area contributed by atoms with Gasteiger partial charge in [0.15, 0.2) is 0 Å². The summed E-state index contributed by atoms with van der Waals surface area (Å²) in [4.78, 5) is 15.2. The maximum atomic E-state index is 12.8. The normalized spacial score (nSPS) is 16.0. The number of nitrogens with zero attached hydrogens (tertiary/aromatic N) is 1. The van der Waals surface area contributed by atoms with E-state index in [0.717, 1.165) is 31.5 Å². The fourth-order valence-electron chi connectivity index (χ4n) is 3.32. The van der Waals surface area contributed by atoms with Crippen LogP contribution in [0.3, 0.4) is 0 Å². The number of nitrogens with one attached hydrogen (secondary N) is 2. The highest BCUT2D eigenvalue weighted by Crippen LogP contribution is 2.19. The van der Waals surface area contributed by atoms with Crippen LogP contribution in [0.5, 0.6) is 0 Å². The number of likely N-dealkylation sites (tertiary alicyclic amines) is 1. The highest BCUT2D eigenvalue weighted by Gasteiger charge is 2.21. The minimum absolute atomic E-state index is 0.122. The van der Waals surface area contributed by atoms with Gasteiger partial charge in [-0.3, -0.25) is 9.52 Å². The van der Waals surface area contributed by atoms with E-state index in [1.54, 1.807) is 24.3 Å². The zero-order valence-electron chi connectivity index (χ0n) is 15.4. The van der Waals surface area contributed by atoms with Crippen LogP contribution in [0.25, 0.3) is 0 Å². The molecule has 1 unspecified atom stereocenters. The molecule has 1 heterocycles. The number of benzene rings is 2. The Bertz CT molecular complexity index is 878. The summed E-state index contributed by atoms with van der Waals surface area (Å²) in [5.41, 5.74) is 1.86. The highest BCUT2D eigenvalue weighted by molar-refractivity contribution is 7.92. The van der Waals surface area contributed by atoms with Crippen LogP contribution in [-0.2, 0) is 10.0 Å². The molecule has 0 aromatic heterocycles. The maximum Gasteiger partial charge on any atom is 0.251 e. The molecular formula is C20H25N3O3S. The van der Waals surface area contributed by atoms with Gasteiger partial charge in [0.05, 0.1) is 12.3 Å². The zero-order chi connectivity index (χ0) is 19.3. The van der Waals surface area contributed by atoms with Crippen LogP contribution >= 0.6 is 0 Å². The lowest BCUT2D eigenvalue weighted by atomic mass is 10.1. The van der Waals surface area contributed by atoms with Gasteiger partial charge >= 0.3 is 0 Å². The number of sulfonamides is 1. The summed E-state index contributed by atoms with van der Waals surface area (Å²) in [6.45, 7) is 2.86.